The van der Waals surface area contributed by atoms with Crippen molar-refractivity contribution in [3.8, 4) is 22.3 Å². The summed E-state index contributed by atoms with van der Waals surface area (Å²) >= 11 is 0. The zero-order valence-electron chi connectivity index (χ0n) is 28.6. The summed E-state index contributed by atoms with van der Waals surface area (Å²) in [5.41, 5.74) is 14.1. The summed E-state index contributed by atoms with van der Waals surface area (Å²) < 4.78 is 0. The molecule has 0 aromatic heterocycles. The second-order valence-corrected chi connectivity index (χ2v) is 20.0. The zero-order chi connectivity index (χ0) is 33.6. The topological polar surface area (TPSA) is 3.24 Å². The molecule has 1 nitrogen and oxygen atoms in total. The highest BCUT2D eigenvalue weighted by atomic mass is 28.3. The van der Waals surface area contributed by atoms with Crippen LogP contribution < -0.4 is 10.1 Å². The van der Waals surface area contributed by atoms with Crippen LogP contribution in [0, 0.1) is 0 Å². The van der Waals surface area contributed by atoms with Crippen molar-refractivity contribution in [1.82, 2.24) is 0 Å². The van der Waals surface area contributed by atoms with E-state index >= 15 is 0 Å². The quantitative estimate of drug-likeness (QED) is 0.171. The molecule has 0 amide bonds. The molecule has 0 heterocycles. The van der Waals surface area contributed by atoms with E-state index in [0.29, 0.717) is 0 Å². The van der Waals surface area contributed by atoms with Crippen molar-refractivity contribution < 1.29 is 0 Å². The van der Waals surface area contributed by atoms with Gasteiger partial charge in [0.05, 0.1) is 13.5 Å². The lowest BCUT2D eigenvalue weighted by Gasteiger charge is -2.33. The van der Waals surface area contributed by atoms with E-state index in [9.17, 15) is 0 Å². The Labute approximate surface area is 295 Å². The smallest absolute Gasteiger partial charge is 0.0803 e. The molecule has 8 aromatic rings. The summed E-state index contributed by atoms with van der Waals surface area (Å²) in [5, 5.41) is 6.59. The summed E-state index contributed by atoms with van der Waals surface area (Å²) in [5.74, 6) is 0. The summed E-state index contributed by atoms with van der Waals surface area (Å²) in [4.78, 5) is 2.47. The predicted octanol–water partition coefficient (Wildman–Crippen LogP) is 12.4. The number of anilines is 3. The molecule has 8 aromatic carbocycles. The van der Waals surface area contributed by atoms with E-state index < -0.39 is 13.5 Å². The Balaban J connectivity index is 1.28. The molecule has 1 spiro atoms. The number of hydrogen-bond donors (Lipinski definition) is 0. The third-order valence-corrected chi connectivity index (χ3v) is 13.2. The van der Waals surface area contributed by atoms with Gasteiger partial charge in [0.1, 0.15) is 0 Å². The summed E-state index contributed by atoms with van der Waals surface area (Å²) in [6, 6.07) is 63.8. The van der Waals surface area contributed by atoms with Gasteiger partial charge in [-0.25, -0.2) is 0 Å². The van der Waals surface area contributed by atoms with Crippen LogP contribution in [0.15, 0.2) is 170 Å². The molecule has 0 saturated heterocycles. The van der Waals surface area contributed by atoms with Crippen LogP contribution in [0.5, 0.6) is 0 Å². The van der Waals surface area contributed by atoms with Gasteiger partial charge in [-0.15, -0.1) is 0 Å². The maximum absolute atomic E-state index is 2.48. The van der Waals surface area contributed by atoms with E-state index in [0.717, 1.165) is 0 Å². The van der Waals surface area contributed by atoms with Crippen LogP contribution in [0.4, 0.5) is 17.1 Å². The number of hydrogen-bond acceptors (Lipinski definition) is 1. The first kappa shape index (κ1) is 29.2. The standard InChI is InChI=1S/C48H37NSi/c1-50(2,3)46-24-14-13-23-45(46)49(35-17-5-4-6-18-35)36-26-28-37-34(29-36)25-27-40-41-30-32-15-7-8-16-33(32)31-44(41)48(47(37)40)42-21-11-9-19-38(42)39-20-10-12-22-43(39)48/h4-31H,1-3H3. The number of nitrogens with zero attached hydrogens (tertiary/aromatic N) is 1. The predicted molar refractivity (Wildman–Crippen MR) is 215 cm³/mol. The Morgan fingerprint density at radius 2 is 1.04 bits per heavy atom. The number of benzene rings is 8. The fourth-order valence-electron chi connectivity index (χ4n) is 9.09. The fraction of sp³-hybridized carbons (Fsp3) is 0.0833. The van der Waals surface area contributed by atoms with Gasteiger partial charge in [-0.1, -0.05) is 147 Å². The summed E-state index contributed by atoms with van der Waals surface area (Å²) in [6.45, 7) is 7.32. The molecule has 2 heteroatoms. The summed E-state index contributed by atoms with van der Waals surface area (Å²) in [7, 11) is -1.66. The maximum atomic E-state index is 2.48. The molecule has 50 heavy (non-hydrogen) atoms. The van der Waals surface area contributed by atoms with E-state index in [4.69, 9.17) is 0 Å². The minimum Gasteiger partial charge on any atom is -0.311 e. The van der Waals surface area contributed by atoms with Gasteiger partial charge in [0.2, 0.25) is 0 Å². The van der Waals surface area contributed by atoms with E-state index in [1.165, 1.54) is 88.3 Å². The van der Waals surface area contributed by atoms with E-state index in [1.54, 1.807) is 0 Å². The number of para-hydroxylation sites is 2. The number of rotatable bonds is 4. The molecule has 0 radical (unpaired) electrons. The molecule has 0 saturated carbocycles. The van der Waals surface area contributed by atoms with Gasteiger partial charge in [-0.05, 0) is 114 Å². The molecule has 238 valence electrons. The third-order valence-electron chi connectivity index (χ3n) is 11.1. The van der Waals surface area contributed by atoms with Crippen molar-refractivity contribution in [3.05, 3.63) is 192 Å². The zero-order valence-corrected chi connectivity index (χ0v) is 29.6. The first-order chi connectivity index (χ1) is 24.4. The molecule has 2 aliphatic carbocycles. The van der Waals surface area contributed by atoms with Crippen molar-refractivity contribution in [1.29, 1.82) is 0 Å². The molecule has 0 bridgehead atoms. The fourth-order valence-corrected chi connectivity index (χ4v) is 10.7. The Bertz CT molecular complexity index is 2600. The van der Waals surface area contributed by atoms with E-state index in [2.05, 4.69) is 194 Å². The molecule has 0 atom stereocenters. The average Bonchev–Trinajstić information content (AvgIpc) is 3.61. The van der Waals surface area contributed by atoms with Crippen LogP contribution in [0.1, 0.15) is 22.3 Å². The van der Waals surface area contributed by atoms with Crippen molar-refractivity contribution in [2.75, 3.05) is 4.90 Å². The van der Waals surface area contributed by atoms with Gasteiger partial charge in [-0.2, -0.15) is 0 Å². The average molecular weight is 656 g/mol. The second-order valence-electron chi connectivity index (χ2n) is 14.9. The molecule has 0 unspecified atom stereocenters. The van der Waals surface area contributed by atoms with Gasteiger partial charge in [-0.3, -0.25) is 0 Å². The highest BCUT2D eigenvalue weighted by molar-refractivity contribution is 6.89. The lowest BCUT2D eigenvalue weighted by molar-refractivity contribution is 0.802. The van der Waals surface area contributed by atoms with Crippen molar-refractivity contribution in [3.63, 3.8) is 0 Å². The van der Waals surface area contributed by atoms with Crippen molar-refractivity contribution >= 4 is 51.9 Å². The van der Waals surface area contributed by atoms with Crippen LogP contribution in [0.2, 0.25) is 19.6 Å². The molecular weight excluding hydrogens is 619 g/mol. The molecule has 10 rings (SSSR count). The van der Waals surface area contributed by atoms with Gasteiger partial charge in [0.15, 0.2) is 0 Å². The molecule has 2 aliphatic rings. The van der Waals surface area contributed by atoms with Crippen LogP contribution in [-0.4, -0.2) is 8.07 Å². The highest BCUT2D eigenvalue weighted by Gasteiger charge is 2.52. The first-order valence-corrected chi connectivity index (χ1v) is 21.2. The van der Waals surface area contributed by atoms with Crippen LogP contribution >= 0.6 is 0 Å². The Morgan fingerprint density at radius 3 is 1.76 bits per heavy atom. The Hall–Kier alpha value is -5.70. The van der Waals surface area contributed by atoms with Crippen molar-refractivity contribution in [2.45, 2.75) is 25.1 Å². The lowest BCUT2D eigenvalue weighted by Crippen LogP contribution is -2.40. The first-order valence-electron chi connectivity index (χ1n) is 17.7. The SMILES string of the molecule is C[Si](C)(C)c1ccccc1N(c1ccccc1)c1ccc2c3c(ccc2c1)-c1cc2ccccc2cc1C31c2ccccc2-c2ccccc21. The monoisotopic (exact) mass is 655 g/mol. The van der Waals surface area contributed by atoms with Gasteiger partial charge in [0, 0.05) is 17.1 Å². The Kier molecular flexibility index (Phi) is 6.22. The van der Waals surface area contributed by atoms with Crippen LogP contribution in [0.3, 0.4) is 0 Å². The number of fused-ring (bicyclic) bond motifs is 13. The molecule has 0 N–H and O–H groups in total. The molecule has 0 aliphatic heterocycles. The van der Waals surface area contributed by atoms with Crippen LogP contribution in [0.25, 0.3) is 43.8 Å². The lowest BCUT2D eigenvalue weighted by atomic mass is 9.69. The normalized spacial score (nSPS) is 13.7. The van der Waals surface area contributed by atoms with Gasteiger partial charge < -0.3 is 4.90 Å². The maximum Gasteiger partial charge on any atom is 0.0803 e. The largest absolute Gasteiger partial charge is 0.311 e. The third kappa shape index (κ3) is 4.00. The van der Waals surface area contributed by atoms with Crippen molar-refractivity contribution in [2.24, 2.45) is 0 Å². The van der Waals surface area contributed by atoms with Gasteiger partial charge >= 0.3 is 0 Å². The second kappa shape index (κ2) is 10.6. The van der Waals surface area contributed by atoms with Crippen LogP contribution in [-0.2, 0) is 5.41 Å². The van der Waals surface area contributed by atoms with Gasteiger partial charge in [0.25, 0.3) is 0 Å². The van der Waals surface area contributed by atoms with E-state index in [1.807, 2.05) is 0 Å². The highest BCUT2D eigenvalue weighted by Crippen LogP contribution is 2.64. The Morgan fingerprint density at radius 1 is 0.420 bits per heavy atom. The van der Waals surface area contributed by atoms with E-state index in [-0.39, 0.29) is 0 Å². The minimum atomic E-state index is -1.66. The molecule has 0 fully saturated rings. The summed E-state index contributed by atoms with van der Waals surface area (Å²) in [6.07, 6.45) is 0. The minimum absolute atomic E-state index is 0.410. The molecular formula is C48H37NSi.